The van der Waals surface area contributed by atoms with Gasteiger partial charge in [-0.1, -0.05) is 23.2 Å². The Bertz CT molecular complexity index is 967. The number of alkyl halides is 1. The Morgan fingerprint density at radius 1 is 1.19 bits per heavy atom. The third-order valence-electron chi connectivity index (χ3n) is 4.09. The molecule has 0 amide bonds. The molecule has 0 aliphatic heterocycles. The van der Waals surface area contributed by atoms with Gasteiger partial charge >= 0.3 is 5.97 Å². The highest BCUT2D eigenvalue weighted by atomic mass is 35.5. The lowest BCUT2D eigenvalue weighted by Gasteiger charge is -2.04. The molecular weight excluding hydrogens is 411 g/mol. The van der Waals surface area contributed by atoms with E-state index in [4.69, 9.17) is 44.3 Å². The molecule has 2 aromatic carbocycles. The maximum absolute atomic E-state index is 10.9. The van der Waals surface area contributed by atoms with E-state index in [1.165, 1.54) is 18.6 Å². The number of rotatable bonds is 3. The average molecular weight is 428 g/mol. The first kappa shape index (κ1) is 20.0. The number of aromatic nitrogens is 1. The molecule has 1 aliphatic carbocycles. The van der Waals surface area contributed by atoms with Gasteiger partial charge < -0.3 is 14.4 Å². The number of carbonyl (C=O) groups is 1. The third kappa shape index (κ3) is 4.93. The highest BCUT2D eigenvalue weighted by Crippen LogP contribution is 2.31. The van der Waals surface area contributed by atoms with Crippen LogP contribution in [0.2, 0.25) is 10.0 Å². The molecule has 1 N–H and O–H groups in total. The van der Waals surface area contributed by atoms with Crippen molar-refractivity contribution in [2.75, 3.05) is 14.1 Å². The Morgan fingerprint density at radius 3 is 2.30 bits per heavy atom. The monoisotopic (exact) mass is 426 g/mol. The van der Waals surface area contributed by atoms with Crippen LogP contribution in [0.1, 0.15) is 16.8 Å². The molecule has 1 fully saturated rings. The molecule has 1 aromatic heterocycles. The summed E-state index contributed by atoms with van der Waals surface area (Å²) in [7, 11) is 4.13. The zero-order chi connectivity index (χ0) is 19.7. The van der Waals surface area contributed by atoms with Crippen molar-refractivity contribution in [1.29, 1.82) is 0 Å². The van der Waals surface area contributed by atoms with E-state index >= 15 is 0 Å². The fraction of sp³-hybridized carbons (Fsp3) is 0.263. The molecule has 2 unspecified atom stereocenters. The SMILES string of the molecule is CN(C)C1CC1Cl.O=C(O)c1ccc2nc(-c3cc(Cl)cc(Cl)c3)oc2c1. The number of oxazole rings is 1. The predicted molar refractivity (Wildman–Crippen MR) is 108 cm³/mol. The number of halogens is 3. The predicted octanol–water partition coefficient (Wildman–Crippen LogP) is 5.43. The molecule has 27 heavy (non-hydrogen) atoms. The summed E-state index contributed by atoms with van der Waals surface area (Å²) in [5.41, 5.74) is 1.75. The van der Waals surface area contributed by atoms with E-state index in [0.29, 0.717) is 44.0 Å². The lowest BCUT2D eigenvalue weighted by Crippen LogP contribution is -2.15. The molecule has 0 saturated heterocycles. The van der Waals surface area contributed by atoms with E-state index in [0.717, 1.165) is 0 Å². The van der Waals surface area contributed by atoms with Gasteiger partial charge in [-0.05, 0) is 56.9 Å². The number of benzene rings is 2. The summed E-state index contributed by atoms with van der Waals surface area (Å²) in [6.45, 7) is 0. The van der Waals surface area contributed by atoms with Crippen LogP contribution in [0.3, 0.4) is 0 Å². The van der Waals surface area contributed by atoms with Gasteiger partial charge in [0, 0.05) is 21.7 Å². The van der Waals surface area contributed by atoms with Crippen LogP contribution in [0.15, 0.2) is 40.8 Å². The van der Waals surface area contributed by atoms with Gasteiger partial charge in [0.25, 0.3) is 0 Å². The highest BCUT2D eigenvalue weighted by molar-refractivity contribution is 6.35. The van der Waals surface area contributed by atoms with Crippen LogP contribution in [0.4, 0.5) is 0 Å². The second kappa shape index (κ2) is 8.07. The molecule has 142 valence electrons. The van der Waals surface area contributed by atoms with Crippen molar-refractivity contribution >= 4 is 51.9 Å². The standard InChI is InChI=1S/C14H7Cl2NO3.C5H10ClN/c15-9-3-8(4-10(16)6-9)13-17-11-2-1-7(14(18)19)5-12(11)20-13;1-7(2)5-3-4(5)6/h1-6H,(H,18,19);4-5H,3H2,1-2H3. The van der Waals surface area contributed by atoms with Crippen molar-refractivity contribution in [2.45, 2.75) is 17.8 Å². The fourth-order valence-corrected chi connectivity index (χ4v) is 3.48. The van der Waals surface area contributed by atoms with E-state index < -0.39 is 5.97 Å². The van der Waals surface area contributed by atoms with Crippen molar-refractivity contribution in [3.63, 3.8) is 0 Å². The van der Waals surface area contributed by atoms with E-state index in [1.54, 1.807) is 24.3 Å². The van der Waals surface area contributed by atoms with Crippen molar-refractivity contribution < 1.29 is 14.3 Å². The molecule has 1 heterocycles. The molecule has 0 bridgehead atoms. The molecule has 0 radical (unpaired) electrons. The smallest absolute Gasteiger partial charge is 0.335 e. The third-order valence-corrected chi connectivity index (χ3v) is 4.99. The topological polar surface area (TPSA) is 66.6 Å². The molecule has 4 rings (SSSR count). The van der Waals surface area contributed by atoms with Crippen molar-refractivity contribution in [3.05, 3.63) is 52.0 Å². The minimum Gasteiger partial charge on any atom is -0.478 e. The summed E-state index contributed by atoms with van der Waals surface area (Å²) in [6.07, 6.45) is 1.18. The van der Waals surface area contributed by atoms with Crippen molar-refractivity contribution in [1.82, 2.24) is 9.88 Å². The van der Waals surface area contributed by atoms with Gasteiger partial charge in [0.15, 0.2) is 5.58 Å². The van der Waals surface area contributed by atoms with Crippen LogP contribution >= 0.6 is 34.8 Å². The maximum Gasteiger partial charge on any atom is 0.335 e. The van der Waals surface area contributed by atoms with Crippen LogP contribution in [-0.2, 0) is 0 Å². The first-order chi connectivity index (χ1) is 12.7. The molecule has 1 aliphatic rings. The second-order valence-corrected chi connectivity index (χ2v) is 7.88. The second-order valence-electron chi connectivity index (χ2n) is 6.45. The van der Waals surface area contributed by atoms with Crippen LogP contribution in [0.5, 0.6) is 0 Å². The van der Waals surface area contributed by atoms with Crippen LogP contribution in [-0.4, -0.2) is 46.5 Å². The number of carboxylic acids is 1. The Kier molecular flexibility index (Phi) is 5.96. The number of hydrogen-bond donors (Lipinski definition) is 1. The Labute approximate surface area is 171 Å². The van der Waals surface area contributed by atoms with Gasteiger partial charge in [-0.25, -0.2) is 9.78 Å². The molecule has 5 nitrogen and oxygen atoms in total. The van der Waals surface area contributed by atoms with Gasteiger partial charge in [0.1, 0.15) is 5.52 Å². The minimum absolute atomic E-state index is 0.143. The number of hydrogen-bond acceptors (Lipinski definition) is 4. The lowest BCUT2D eigenvalue weighted by molar-refractivity contribution is 0.0697. The maximum atomic E-state index is 10.9. The normalized spacial score (nSPS) is 18.3. The number of fused-ring (bicyclic) bond motifs is 1. The van der Waals surface area contributed by atoms with Gasteiger partial charge in [-0.3, -0.25) is 0 Å². The van der Waals surface area contributed by atoms with Gasteiger partial charge in [-0.2, -0.15) is 0 Å². The van der Waals surface area contributed by atoms with Crippen molar-refractivity contribution in [2.24, 2.45) is 0 Å². The molecule has 2 atom stereocenters. The highest BCUT2D eigenvalue weighted by Gasteiger charge is 2.36. The van der Waals surface area contributed by atoms with Crippen molar-refractivity contribution in [3.8, 4) is 11.5 Å². The largest absolute Gasteiger partial charge is 0.478 e. The van der Waals surface area contributed by atoms with E-state index in [1.807, 2.05) is 0 Å². The Hall–Kier alpha value is -1.79. The first-order valence-electron chi connectivity index (χ1n) is 8.15. The average Bonchev–Trinajstić information content (AvgIpc) is 3.18. The first-order valence-corrected chi connectivity index (χ1v) is 9.34. The van der Waals surface area contributed by atoms with Gasteiger partial charge in [-0.15, -0.1) is 11.6 Å². The van der Waals surface area contributed by atoms with E-state index in [9.17, 15) is 4.79 Å². The molecule has 0 spiro atoms. The summed E-state index contributed by atoms with van der Waals surface area (Å²) >= 11 is 17.6. The number of nitrogens with zero attached hydrogens (tertiary/aromatic N) is 2. The summed E-state index contributed by atoms with van der Waals surface area (Å²) in [5, 5.41) is 10.3. The van der Waals surface area contributed by atoms with E-state index in [2.05, 4.69) is 24.0 Å². The number of carboxylic acid groups (broad SMARTS) is 1. The van der Waals surface area contributed by atoms with Gasteiger partial charge in [0.2, 0.25) is 5.89 Å². The van der Waals surface area contributed by atoms with E-state index in [-0.39, 0.29) is 5.56 Å². The number of aromatic carboxylic acids is 1. The minimum atomic E-state index is -1.02. The Balaban J connectivity index is 0.000000253. The van der Waals surface area contributed by atoms with Crippen LogP contribution in [0.25, 0.3) is 22.6 Å². The van der Waals surface area contributed by atoms with Crippen LogP contribution < -0.4 is 0 Å². The summed E-state index contributed by atoms with van der Waals surface area (Å²) in [5.74, 6) is -0.678. The summed E-state index contributed by atoms with van der Waals surface area (Å²) in [6, 6.07) is 10.1. The zero-order valence-electron chi connectivity index (χ0n) is 14.6. The zero-order valence-corrected chi connectivity index (χ0v) is 16.9. The van der Waals surface area contributed by atoms with Crippen LogP contribution in [0, 0.1) is 0 Å². The quantitative estimate of drug-likeness (QED) is 0.565. The molecule has 3 aromatic rings. The lowest BCUT2D eigenvalue weighted by atomic mass is 10.2. The molecule has 8 heteroatoms. The summed E-state index contributed by atoms with van der Waals surface area (Å²) < 4.78 is 5.56. The van der Waals surface area contributed by atoms with Gasteiger partial charge in [0.05, 0.1) is 10.9 Å². The fourth-order valence-electron chi connectivity index (χ4n) is 2.54. The summed E-state index contributed by atoms with van der Waals surface area (Å²) in [4.78, 5) is 17.4. The molecule has 1 saturated carbocycles. The Morgan fingerprint density at radius 2 is 1.81 bits per heavy atom. The molecular formula is C19H17Cl3N2O3.